The second-order valence-electron chi connectivity index (χ2n) is 5.76. The molecule has 0 unspecified atom stereocenters. The summed E-state index contributed by atoms with van der Waals surface area (Å²) in [6.07, 6.45) is -0.225. The number of carbonyl (C=O) groups excluding carboxylic acids is 2. The lowest BCUT2D eigenvalue weighted by Gasteiger charge is -2.13. The van der Waals surface area contributed by atoms with Gasteiger partial charge in [-0.2, -0.15) is 0 Å². The topological polar surface area (TPSA) is 92.7 Å². The van der Waals surface area contributed by atoms with Crippen molar-refractivity contribution in [3.05, 3.63) is 51.9 Å². The Kier molecular flexibility index (Phi) is 6.52. The maximum absolute atomic E-state index is 12.4. The van der Waals surface area contributed by atoms with E-state index in [0.29, 0.717) is 16.1 Å². The Morgan fingerprint density at radius 3 is 2.42 bits per heavy atom. The summed E-state index contributed by atoms with van der Waals surface area (Å²) in [5.74, 6) is -2.99. The van der Waals surface area contributed by atoms with E-state index >= 15 is 0 Å². The molecule has 7 heteroatoms. The number of hydrogen-bond donors (Lipinski definition) is 2. The van der Waals surface area contributed by atoms with Gasteiger partial charge in [-0.1, -0.05) is 30.3 Å². The summed E-state index contributed by atoms with van der Waals surface area (Å²) in [4.78, 5) is 37.1. The Balaban J connectivity index is 2.20. The number of aliphatic carboxylic acids is 1. The van der Waals surface area contributed by atoms with Gasteiger partial charge in [0, 0.05) is 11.3 Å². The van der Waals surface area contributed by atoms with Crippen LogP contribution in [0.2, 0.25) is 0 Å². The molecule has 1 aromatic carbocycles. The number of amides is 1. The molecular formula is C19H21NO5S. The summed E-state index contributed by atoms with van der Waals surface area (Å²) in [5, 5.41) is 12.5. The molecule has 0 aliphatic rings. The van der Waals surface area contributed by atoms with Gasteiger partial charge >= 0.3 is 11.9 Å². The third-order valence-corrected chi connectivity index (χ3v) is 5.13. The van der Waals surface area contributed by atoms with Crippen LogP contribution in [0.5, 0.6) is 0 Å². The predicted octanol–water partition coefficient (Wildman–Crippen LogP) is 3.74. The number of esters is 1. The van der Waals surface area contributed by atoms with E-state index in [1.54, 1.807) is 44.2 Å². The molecule has 0 aliphatic carbocycles. The molecule has 0 fully saturated rings. The maximum Gasteiger partial charge on any atom is 0.341 e. The standard InChI is InChI=1S/C19H21NO5S/c1-4-25-19(24)16-11(2)12(3)26-17(16)20-15(21)10-14(18(22)23)13-8-6-5-7-9-13/h5-9,14H,4,10H2,1-3H3,(H,20,21)(H,22,23)/t14-/m0/s1. The summed E-state index contributed by atoms with van der Waals surface area (Å²) >= 11 is 1.27. The van der Waals surface area contributed by atoms with Crippen molar-refractivity contribution >= 4 is 34.2 Å². The molecular weight excluding hydrogens is 354 g/mol. The molecule has 2 rings (SSSR count). The minimum atomic E-state index is -1.07. The van der Waals surface area contributed by atoms with Crippen molar-refractivity contribution in [1.29, 1.82) is 0 Å². The molecule has 0 radical (unpaired) electrons. The molecule has 0 spiro atoms. The lowest BCUT2D eigenvalue weighted by atomic mass is 9.95. The van der Waals surface area contributed by atoms with E-state index in [1.165, 1.54) is 11.3 Å². The van der Waals surface area contributed by atoms with Crippen molar-refractivity contribution in [3.63, 3.8) is 0 Å². The van der Waals surface area contributed by atoms with Crippen molar-refractivity contribution < 1.29 is 24.2 Å². The fourth-order valence-corrected chi connectivity index (χ4v) is 3.62. The average molecular weight is 375 g/mol. The molecule has 1 heterocycles. The molecule has 26 heavy (non-hydrogen) atoms. The van der Waals surface area contributed by atoms with Gasteiger partial charge in [0.25, 0.3) is 0 Å². The molecule has 2 aromatic rings. The highest BCUT2D eigenvalue weighted by Crippen LogP contribution is 2.33. The SMILES string of the molecule is CCOC(=O)c1c(NC(=O)C[C@H](C(=O)O)c2ccccc2)sc(C)c1C. The molecule has 0 saturated heterocycles. The van der Waals surface area contributed by atoms with E-state index in [-0.39, 0.29) is 13.0 Å². The van der Waals surface area contributed by atoms with Crippen LogP contribution in [0.1, 0.15) is 45.6 Å². The Morgan fingerprint density at radius 1 is 1.19 bits per heavy atom. The van der Waals surface area contributed by atoms with Gasteiger partial charge in [-0.25, -0.2) is 4.79 Å². The number of benzene rings is 1. The summed E-state index contributed by atoms with van der Waals surface area (Å²) < 4.78 is 5.06. The average Bonchev–Trinajstić information content (AvgIpc) is 2.87. The van der Waals surface area contributed by atoms with Crippen molar-refractivity contribution in [3.8, 4) is 0 Å². The lowest BCUT2D eigenvalue weighted by Crippen LogP contribution is -2.21. The number of carboxylic acid groups (broad SMARTS) is 1. The second-order valence-corrected chi connectivity index (χ2v) is 6.99. The smallest absolute Gasteiger partial charge is 0.341 e. The zero-order valence-corrected chi connectivity index (χ0v) is 15.7. The van der Waals surface area contributed by atoms with Gasteiger partial charge in [0.2, 0.25) is 5.91 Å². The monoisotopic (exact) mass is 375 g/mol. The van der Waals surface area contributed by atoms with Crippen molar-refractivity contribution in [2.45, 2.75) is 33.1 Å². The van der Waals surface area contributed by atoms with E-state index in [2.05, 4.69) is 5.32 Å². The van der Waals surface area contributed by atoms with Gasteiger partial charge in [0.05, 0.1) is 18.1 Å². The third kappa shape index (κ3) is 4.49. The fraction of sp³-hybridized carbons (Fsp3) is 0.316. The van der Waals surface area contributed by atoms with E-state index in [9.17, 15) is 19.5 Å². The van der Waals surface area contributed by atoms with Crippen LogP contribution in [0.15, 0.2) is 30.3 Å². The largest absolute Gasteiger partial charge is 0.481 e. The van der Waals surface area contributed by atoms with Crippen molar-refractivity contribution in [1.82, 2.24) is 0 Å². The van der Waals surface area contributed by atoms with Crippen LogP contribution in [-0.2, 0) is 14.3 Å². The van der Waals surface area contributed by atoms with E-state index in [4.69, 9.17) is 4.74 Å². The number of ether oxygens (including phenoxy) is 1. The minimum absolute atomic E-state index is 0.225. The van der Waals surface area contributed by atoms with Crippen LogP contribution in [0, 0.1) is 13.8 Å². The third-order valence-electron chi connectivity index (χ3n) is 4.01. The van der Waals surface area contributed by atoms with Crippen LogP contribution in [0.4, 0.5) is 5.00 Å². The number of anilines is 1. The number of carboxylic acids is 1. The number of rotatable bonds is 7. The van der Waals surface area contributed by atoms with Gasteiger partial charge in [0.1, 0.15) is 5.00 Å². The molecule has 1 amide bonds. The Bertz CT molecular complexity index is 813. The highest BCUT2D eigenvalue weighted by molar-refractivity contribution is 7.16. The number of aryl methyl sites for hydroxylation is 1. The second kappa shape index (κ2) is 8.62. The minimum Gasteiger partial charge on any atom is -0.481 e. The highest BCUT2D eigenvalue weighted by Gasteiger charge is 2.26. The number of thiophene rings is 1. The van der Waals surface area contributed by atoms with Gasteiger partial charge in [-0.15, -0.1) is 11.3 Å². The quantitative estimate of drug-likeness (QED) is 0.719. The van der Waals surface area contributed by atoms with Crippen LogP contribution in [-0.4, -0.2) is 29.6 Å². The molecule has 2 N–H and O–H groups in total. The number of hydrogen-bond acceptors (Lipinski definition) is 5. The molecule has 1 atom stereocenters. The summed E-state index contributed by atoms with van der Waals surface area (Å²) in [6, 6.07) is 8.60. The van der Waals surface area contributed by atoms with Gasteiger partial charge in [-0.3, -0.25) is 9.59 Å². The molecule has 138 valence electrons. The van der Waals surface area contributed by atoms with Gasteiger partial charge in [-0.05, 0) is 31.9 Å². The molecule has 0 saturated carbocycles. The highest BCUT2D eigenvalue weighted by atomic mass is 32.1. The Morgan fingerprint density at radius 2 is 1.85 bits per heavy atom. The van der Waals surface area contributed by atoms with Crippen LogP contribution < -0.4 is 5.32 Å². The number of nitrogens with one attached hydrogen (secondary N) is 1. The first kappa shape index (κ1) is 19.7. The molecule has 0 bridgehead atoms. The zero-order chi connectivity index (χ0) is 19.3. The fourth-order valence-electron chi connectivity index (χ4n) is 2.56. The zero-order valence-electron chi connectivity index (χ0n) is 14.9. The first-order valence-corrected chi connectivity index (χ1v) is 9.01. The lowest BCUT2D eigenvalue weighted by molar-refractivity contribution is -0.140. The van der Waals surface area contributed by atoms with Crippen LogP contribution in [0.25, 0.3) is 0 Å². The van der Waals surface area contributed by atoms with E-state index in [1.807, 2.05) is 6.92 Å². The summed E-state index contributed by atoms with van der Waals surface area (Å²) in [6.45, 7) is 5.58. The predicted molar refractivity (Wildman–Crippen MR) is 99.8 cm³/mol. The van der Waals surface area contributed by atoms with Gasteiger partial charge < -0.3 is 15.2 Å². The number of carbonyl (C=O) groups is 3. The van der Waals surface area contributed by atoms with Crippen LogP contribution >= 0.6 is 11.3 Å². The normalized spacial score (nSPS) is 11.7. The summed E-state index contributed by atoms with van der Waals surface area (Å²) in [5.41, 5.74) is 1.63. The first-order valence-electron chi connectivity index (χ1n) is 8.19. The maximum atomic E-state index is 12.4. The first-order chi connectivity index (χ1) is 12.3. The Labute approximate surface area is 155 Å². The molecule has 1 aromatic heterocycles. The van der Waals surface area contributed by atoms with Crippen LogP contribution in [0.3, 0.4) is 0 Å². The van der Waals surface area contributed by atoms with Crippen molar-refractivity contribution in [2.24, 2.45) is 0 Å². The summed E-state index contributed by atoms with van der Waals surface area (Å²) in [7, 11) is 0. The molecule has 6 nitrogen and oxygen atoms in total. The molecule has 0 aliphatic heterocycles. The van der Waals surface area contributed by atoms with E-state index in [0.717, 1.165) is 10.4 Å². The van der Waals surface area contributed by atoms with Gasteiger partial charge in [0.15, 0.2) is 0 Å². The van der Waals surface area contributed by atoms with Crippen molar-refractivity contribution in [2.75, 3.05) is 11.9 Å². The Hall–Kier alpha value is -2.67. The van der Waals surface area contributed by atoms with E-state index < -0.39 is 23.8 Å².